The first-order valence-corrected chi connectivity index (χ1v) is 7.02. The molecule has 1 heterocycles. The molecule has 3 heteroatoms. The zero-order valence-electron chi connectivity index (χ0n) is 10.7. The molecule has 0 aromatic heterocycles. The molecule has 2 rings (SSSR count). The van der Waals surface area contributed by atoms with Crippen molar-refractivity contribution in [2.75, 3.05) is 39.3 Å². The molecule has 1 aliphatic carbocycles. The second-order valence-corrected chi connectivity index (χ2v) is 5.44. The average molecular weight is 225 g/mol. The van der Waals surface area contributed by atoms with Crippen molar-refractivity contribution in [2.24, 2.45) is 5.92 Å². The van der Waals surface area contributed by atoms with Gasteiger partial charge in [0.05, 0.1) is 0 Å². The fourth-order valence-corrected chi connectivity index (χ4v) is 2.96. The minimum absolute atomic E-state index is 0.698. The van der Waals surface area contributed by atoms with E-state index in [1.807, 2.05) is 0 Å². The fourth-order valence-electron chi connectivity index (χ4n) is 2.96. The number of nitrogens with one attached hydrogen (secondary N) is 2. The van der Waals surface area contributed by atoms with Gasteiger partial charge in [0.25, 0.3) is 0 Å². The Morgan fingerprint density at radius 2 is 1.94 bits per heavy atom. The monoisotopic (exact) mass is 225 g/mol. The predicted molar refractivity (Wildman–Crippen MR) is 68.7 cm³/mol. The van der Waals surface area contributed by atoms with E-state index in [9.17, 15) is 0 Å². The molecule has 2 fully saturated rings. The van der Waals surface area contributed by atoms with E-state index < -0.39 is 0 Å². The van der Waals surface area contributed by atoms with Crippen LogP contribution in [0.25, 0.3) is 0 Å². The van der Waals surface area contributed by atoms with Crippen molar-refractivity contribution in [3.05, 3.63) is 0 Å². The van der Waals surface area contributed by atoms with Crippen molar-refractivity contribution in [3.63, 3.8) is 0 Å². The summed E-state index contributed by atoms with van der Waals surface area (Å²) in [6.07, 6.45) is 5.82. The Kier molecular flexibility index (Phi) is 5.07. The summed E-state index contributed by atoms with van der Waals surface area (Å²) >= 11 is 0. The molecule has 0 amide bonds. The van der Waals surface area contributed by atoms with Gasteiger partial charge in [-0.25, -0.2) is 0 Å². The van der Waals surface area contributed by atoms with Gasteiger partial charge in [-0.2, -0.15) is 0 Å². The van der Waals surface area contributed by atoms with E-state index in [1.54, 1.807) is 0 Å². The molecule has 1 saturated carbocycles. The lowest BCUT2D eigenvalue weighted by molar-refractivity contribution is 0.179. The quantitative estimate of drug-likeness (QED) is 0.732. The van der Waals surface area contributed by atoms with Crippen LogP contribution < -0.4 is 10.6 Å². The molecule has 1 atom stereocenters. The van der Waals surface area contributed by atoms with Crippen LogP contribution in [0.3, 0.4) is 0 Å². The molecule has 0 aromatic carbocycles. The van der Waals surface area contributed by atoms with Gasteiger partial charge in [0, 0.05) is 38.8 Å². The van der Waals surface area contributed by atoms with Gasteiger partial charge in [0.1, 0.15) is 0 Å². The molecule has 1 saturated heterocycles. The number of hydrogen-bond acceptors (Lipinski definition) is 3. The Hall–Kier alpha value is -0.120. The summed E-state index contributed by atoms with van der Waals surface area (Å²) in [5.41, 5.74) is 0. The third-order valence-corrected chi connectivity index (χ3v) is 4.12. The highest BCUT2D eigenvalue weighted by Crippen LogP contribution is 2.23. The molecule has 16 heavy (non-hydrogen) atoms. The largest absolute Gasteiger partial charge is 0.315 e. The summed E-state index contributed by atoms with van der Waals surface area (Å²) in [6, 6.07) is 0.698. The van der Waals surface area contributed by atoms with E-state index in [4.69, 9.17) is 0 Å². The maximum atomic E-state index is 3.66. The highest BCUT2D eigenvalue weighted by Gasteiger charge is 2.17. The predicted octanol–water partition coefficient (Wildman–Crippen LogP) is 1.06. The highest BCUT2D eigenvalue weighted by atomic mass is 15.2. The summed E-state index contributed by atoms with van der Waals surface area (Å²) < 4.78 is 0. The van der Waals surface area contributed by atoms with Gasteiger partial charge in [0.15, 0.2) is 0 Å². The van der Waals surface area contributed by atoms with Crippen molar-refractivity contribution >= 4 is 0 Å². The van der Waals surface area contributed by atoms with Crippen LogP contribution in [0.1, 0.15) is 32.6 Å². The molecule has 2 N–H and O–H groups in total. The Morgan fingerprint density at radius 3 is 2.62 bits per heavy atom. The SMILES string of the molecule is CC(CNCC1CCCC1)N1CCNCC1. The summed E-state index contributed by atoms with van der Waals surface area (Å²) in [5, 5.41) is 7.07. The zero-order chi connectivity index (χ0) is 11.2. The standard InChI is InChI=1S/C13H27N3/c1-12(16-8-6-14-7-9-16)10-15-11-13-4-2-3-5-13/h12-15H,2-11H2,1H3. The van der Waals surface area contributed by atoms with Gasteiger partial charge in [-0.15, -0.1) is 0 Å². The molecule has 0 radical (unpaired) electrons. The number of hydrogen-bond donors (Lipinski definition) is 2. The second kappa shape index (κ2) is 6.58. The van der Waals surface area contributed by atoms with E-state index in [-0.39, 0.29) is 0 Å². The molecular formula is C13H27N3. The molecule has 3 nitrogen and oxygen atoms in total. The van der Waals surface area contributed by atoms with Crippen LogP contribution in [-0.2, 0) is 0 Å². The first-order chi connectivity index (χ1) is 7.86. The van der Waals surface area contributed by atoms with Crippen LogP contribution in [0.4, 0.5) is 0 Å². The van der Waals surface area contributed by atoms with Gasteiger partial charge >= 0.3 is 0 Å². The van der Waals surface area contributed by atoms with Crippen molar-refractivity contribution < 1.29 is 0 Å². The Bertz CT molecular complexity index is 184. The van der Waals surface area contributed by atoms with E-state index >= 15 is 0 Å². The molecule has 94 valence electrons. The van der Waals surface area contributed by atoms with Gasteiger partial charge in [-0.05, 0) is 32.2 Å². The fraction of sp³-hybridized carbons (Fsp3) is 1.00. The number of nitrogens with zero attached hydrogens (tertiary/aromatic N) is 1. The van der Waals surface area contributed by atoms with Crippen molar-refractivity contribution in [1.29, 1.82) is 0 Å². The lowest BCUT2D eigenvalue weighted by Crippen LogP contribution is -2.50. The lowest BCUT2D eigenvalue weighted by atomic mass is 10.1. The van der Waals surface area contributed by atoms with Crippen LogP contribution in [0.15, 0.2) is 0 Å². The van der Waals surface area contributed by atoms with E-state index in [1.165, 1.54) is 45.3 Å². The summed E-state index contributed by atoms with van der Waals surface area (Å²) in [5.74, 6) is 0.968. The summed E-state index contributed by atoms with van der Waals surface area (Å²) in [4.78, 5) is 2.60. The van der Waals surface area contributed by atoms with E-state index in [2.05, 4.69) is 22.5 Å². The van der Waals surface area contributed by atoms with Crippen LogP contribution in [0.5, 0.6) is 0 Å². The minimum atomic E-state index is 0.698. The number of rotatable bonds is 5. The van der Waals surface area contributed by atoms with Crippen LogP contribution in [0, 0.1) is 5.92 Å². The van der Waals surface area contributed by atoms with Crippen LogP contribution in [0.2, 0.25) is 0 Å². The maximum Gasteiger partial charge on any atom is 0.0193 e. The summed E-state index contributed by atoms with van der Waals surface area (Å²) in [6.45, 7) is 9.51. The Balaban J connectivity index is 1.57. The lowest BCUT2D eigenvalue weighted by Gasteiger charge is -2.33. The third kappa shape index (κ3) is 3.72. The second-order valence-electron chi connectivity index (χ2n) is 5.44. The Morgan fingerprint density at radius 1 is 1.25 bits per heavy atom. The van der Waals surface area contributed by atoms with Crippen LogP contribution >= 0.6 is 0 Å². The van der Waals surface area contributed by atoms with Crippen molar-refractivity contribution in [2.45, 2.75) is 38.6 Å². The third-order valence-electron chi connectivity index (χ3n) is 4.12. The molecule has 1 unspecified atom stereocenters. The van der Waals surface area contributed by atoms with Crippen molar-refractivity contribution in [1.82, 2.24) is 15.5 Å². The van der Waals surface area contributed by atoms with Gasteiger partial charge < -0.3 is 10.6 Å². The molecule has 0 bridgehead atoms. The average Bonchev–Trinajstić information content (AvgIpc) is 2.83. The van der Waals surface area contributed by atoms with Crippen LogP contribution in [-0.4, -0.2) is 50.2 Å². The molecular weight excluding hydrogens is 198 g/mol. The molecule has 0 spiro atoms. The van der Waals surface area contributed by atoms with E-state index in [0.29, 0.717) is 6.04 Å². The topological polar surface area (TPSA) is 27.3 Å². The molecule has 2 aliphatic rings. The minimum Gasteiger partial charge on any atom is -0.315 e. The smallest absolute Gasteiger partial charge is 0.0193 e. The highest BCUT2D eigenvalue weighted by molar-refractivity contribution is 4.76. The molecule has 0 aromatic rings. The summed E-state index contributed by atoms with van der Waals surface area (Å²) in [7, 11) is 0. The normalized spacial score (nSPS) is 26.1. The van der Waals surface area contributed by atoms with Gasteiger partial charge in [-0.3, -0.25) is 4.90 Å². The van der Waals surface area contributed by atoms with E-state index in [0.717, 1.165) is 25.6 Å². The van der Waals surface area contributed by atoms with Gasteiger partial charge in [0.2, 0.25) is 0 Å². The first-order valence-electron chi connectivity index (χ1n) is 7.02. The Labute approximate surface area is 100.0 Å². The maximum absolute atomic E-state index is 3.66. The van der Waals surface area contributed by atoms with Gasteiger partial charge in [-0.1, -0.05) is 12.8 Å². The first kappa shape index (κ1) is 12.3. The van der Waals surface area contributed by atoms with Crippen molar-refractivity contribution in [3.8, 4) is 0 Å². The number of piperazine rings is 1. The zero-order valence-corrected chi connectivity index (χ0v) is 10.7. The molecule has 1 aliphatic heterocycles.